The smallest absolute Gasteiger partial charge is 0.246 e. The molecule has 1 aliphatic heterocycles. The van der Waals surface area contributed by atoms with Crippen LogP contribution in [0.3, 0.4) is 0 Å². The summed E-state index contributed by atoms with van der Waals surface area (Å²) >= 11 is 0. The zero-order valence-electron chi connectivity index (χ0n) is 22.9. The van der Waals surface area contributed by atoms with E-state index >= 15 is 0 Å². The maximum absolute atomic E-state index is 14.0. The molecule has 3 aliphatic carbocycles. The maximum Gasteiger partial charge on any atom is 0.246 e. The highest BCUT2D eigenvalue weighted by Crippen LogP contribution is 2.88. The molecule has 0 aromatic heterocycles. The molecule has 6 heteroatoms. The number of ketones is 1. The molecule has 198 valence electrons. The Morgan fingerprint density at radius 2 is 1.71 bits per heavy atom. The first-order valence-electron chi connectivity index (χ1n) is 14.0. The van der Waals surface area contributed by atoms with Gasteiger partial charge in [0.1, 0.15) is 6.10 Å². The third-order valence-corrected chi connectivity index (χ3v) is 11.3. The average Bonchev–Trinajstić information content (AvgIpc) is 2.95. The first-order valence-corrected chi connectivity index (χ1v) is 14.0. The van der Waals surface area contributed by atoms with Crippen molar-refractivity contribution in [1.29, 1.82) is 0 Å². The molecule has 2 spiro atoms. The van der Waals surface area contributed by atoms with Gasteiger partial charge in [-0.3, -0.25) is 14.4 Å². The van der Waals surface area contributed by atoms with E-state index in [4.69, 9.17) is 5.73 Å². The number of hydrogen-bond donors (Lipinski definition) is 2. The largest absolute Gasteiger partial charge is 0.383 e. The average molecular weight is 489 g/mol. The highest BCUT2D eigenvalue weighted by Gasteiger charge is 2.85. The van der Waals surface area contributed by atoms with Crippen LogP contribution in [-0.4, -0.2) is 46.3 Å². The molecule has 5 atom stereocenters. The van der Waals surface area contributed by atoms with Crippen molar-refractivity contribution in [2.24, 2.45) is 45.1 Å². The van der Waals surface area contributed by atoms with Gasteiger partial charge in [0.25, 0.3) is 0 Å². The number of amides is 2. The lowest BCUT2D eigenvalue weighted by atomic mass is 9.73. The van der Waals surface area contributed by atoms with E-state index in [0.29, 0.717) is 25.3 Å². The fraction of sp³-hybridized carbons (Fsp3) is 0.897. The first kappa shape index (κ1) is 26.6. The van der Waals surface area contributed by atoms with Crippen molar-refractivity contribution in [3.8, 4) is 0 Å². The van der Waals surface area contributed by atoms with Crippen LogP contribution >= 0.6 is 0 Å². The van der Waals surface area contributed by atoms with Crippen molar-refractivity contribution in [1.82, 2.24) is 4.90 Å². The van der Waals surface area contributed by atoms with E-state index in [2.05, 4.69) is 41.5 Å². The van der Waals surface area contributed by atoms with E-state index in [1.807, 2.05) is 4.90 Å². The van der Waals surface area contributed by atoms with Crippen LogP contribution in [0.4, 0.5) is 0 Å². The molecule has 0 radical (unpaired) electrons. The van der Waals surface area contributed by atoms with Gasteiger partial charge in [-0.1, -0.05) is 67.2 Å². The minimum Gasteiger partial charge on any atom is -0.383 e. The Kier molecular flexibility index (Phi) is 6.73. The van der Waals surface area contributed by atoms with Gasteiger partial charge in [0.15, 0.2) is 5.78 Å². The summed E-state index contributed by atoms with van der Waals surface area (Å²) in [5.74, 6) is -0.824. The number of primary amides is 1. The molecule has 3 N–H and O–H groups in total. The fourth-order valence-corrected chi connectivity index (χ4v) is 8.58. The summed E-state index contributed by atoms with van der Waals surface area (Å²) in [6, 6.07) is -0.470. The SMILES string of the molecule is CC[C@H](C(=O)N1C[C@]2(C[C@H]1C(=O)CC(CC1CCC1)C(O)C(N)=O)C(C)(C)C21CCC1)C(C)(C)C. The molecule has 4 aliphatic rings. The van der Waals surface area contributed by atoms with E-state index in [1.165, 1.54) is 19.3 Å². The van der Waals surface area contributed by atoms with Gasteiger partial charge in [0, 0.05) is 30.2 Å². The van der Waals surface area contributed by atoms with Crippen LogP contribution in [0.2, 0.25) is 0 Å². The topological polar surface area (TPSA) is 101 Å². The number of likely N-dealkylation sites (tertiary alicyclic amines) is 1. The predicted octanol–water partition coefficient (Wildman–Crippen LogP) is 4.47. The number of hydrogen-bond acceptors (Lipinski definition) is 4. The van der Waals surface area contributed by atoms with Crippen molar-refractivity contribution >= 4 is 17.6 Å². The second-order valence-electron chi connectivity index (χ2n) is 14.0. The lowest BCUT2D eigenvalue weighted by molar-refractivity contribution is -0.145. The van der Waals surface area contributed by atoms with Crippen LogP contribution in [0, 0.1) is 39.4 Å². The highest BCUT2D eigenvalue weighted by molar-refractivity contribution is 5.92. The molecule has 0 aromatic rings. The second-order valence-corrected chi connectivity index (χ2v) is 14.0. The Morgan fingerprint density at radius 1 is 1.09 bits per heavy atom. The molecule has 4 rings (SSSR count). The molecule has 0 bridgehead atoms. The van der Waals surface area contributed by atoms with E-state index in [9.17, 15) is 19.5 Å². The van der Waals surface area contributed by atoms with Crippen molar-refractivity contribution in [3.63, 3.8) is 0 Å². The van der Waals surface area contributed by atoms with Crippen molar-refractivity contribution < 1.29 is 19.5 Å². The summed E-state index contributed by atoms with van der Waals surface area (Å²) in [6.07, 6.45) is 7.82. The minimum atomic E-state index is -1.31. The molecule has 0 aromatic carbocycles. The normalized spacial score (nSPS) is 31.5. The number of aliphatic hydroxyl groups excluding tert-OH is 1. The molecule has 2 amide bonds. The van der Waals surface area contributed by atoms with Gasteiger partial charge in [0.05, 0.1) is 6.04 Å². The van der Waals surface area contributed by atoms with E-state index in [1.54, 1.807) is 0 Å². The van der Waals surface area contributed by atoms with E-state index in [-0.39, 0.29) is 45.7 Å². The molecule has 2 unspecified atom stereocenters. The Bertz CT molecular complexity index is 866. The van der Waals surface area contributed by atoms with Gasteiger partial charge in [-0.15, -0.1) is 0 Å². The summed E-state index contributed by atoms with van der Waals surface area (Å²) in [5.41, 5.74) is 5.64. The van der Waals surface area contributed by atoms with E-state index in [0.717, 1.165) is 25.7 Å². The Hall–Kier alpha value is -1.43. The summed E-state index contributed by atoms with van der Waals surface area (Å²) < 4.78 is 0. The molecule has 6 nitrogen and oxygen atoms in total. The van der Waals surface area contributed by atoms with Crippen LogP contribution in [0.5, 0.6) is 0 Å². The summed E-state index contributed by atoms with van der Waals surface area (Å²) in [7, 11) is 0. The zero-order chi connectivity index (χ0) is 26.0. The number of carbonyl (C=O) groups is 3. The van der Waals surface area contributed by atoms with Gasteiger partial charge in [-0.2, -0.15) is 0 Å². The number of fused-ring (bicyclic) bond motifs is 1. The van der Waals surface area contributed by atoms with Gasteiger partial charge < -0.3 is 15.7 Å². The monoisotopic (exact) mass is 488 g/mol. The van der Waals surface area contributed by atoms with Crippen LogP contribution in [-0.2, 0) is 14.4 Å². The number of nitrogens with zero attached hydrogens (tertiary/aromatic N) is 1. The zero-order valence-corrected chi connectivity index (χ0v) is 22.9. The number of Topliss-reactive ketones (excluding diaryl/α,β-unsaturated/α-hetero) is 1. The van der Waals surface area contributed by atoms with Crippen molar-refractivity contribution in [2.75, 3.05) is 6.54 Å². The second kappa shape index (κ2) is 8.85. The standard InChI is InChI=1S/C29H48N2O4/c1-7-20(26(2,3)4)25(35)31-17-29(27(5,6)28(29)12-9-13-28)16-21(31)22(32)15-19(23(33)24(30)34)14-18-10-8-11-18/h18-21,23,33H,7-17H2,1-6H3,(H2,30,34)/t19?,20-,21+,23?,29-/m1/s1. The van der Waals surface area contributed by atoms with Crippen molar-refractivity contribution in [3.05, 3.63) is 0 Å². The molecule has 1 saturated heterocycles. The van der Waals surface area contributed by atoms with Crippen LogP contribution in [0.1, 0.15) is 106 Å². The molecule has 3 saturated carbocycles. The van der Waals surface area contributed by atoms with Crippen molar-refractivity contribution in [2.45, 2.75) is 118 Å². The fourth-order valence-electron chi connectivity index (χ4n) is 8.58. The minimum absolute atomic E-state index is 0.000726. The first-order chi connectivity index (χ1) is 16.2. The highest BCUT2D eigenvalue weighted by atomic mass is 16.3. The summed E-state index contributed by atoms with van der Waals surface area (Å²) in [5, 5.41) is 10.6. The number of carbonyl (C=O) groups excluding carboxylic acids is 3. The molecule has 1 heterocycles. The van der Waals surface area contributed by atoms with E-state index < -0.39 is 24.0 Å². The Morgan fingerprint density at radius 3 is 2.11 bits per heavy atom. The Labute approximate surface area is 211 Å². The van der Waals surface area contributed by atoms with Gasteiger partial charge >= 0.3 is 0 Å². The molecule has 4 fully saturated rings. The van der Waals surface area contributed by atoms with Gasteiger partial charge in [-0.05, 0) is 54.3 Å². The number of nitrogens with two attached hydrogens (primary N) is 1. The third kappa shape index (κ3) is 3.97. The number of aliphatic hydroxyl groups is 1. The lowest BCUT2D eigenvalue weighted by Crippen LogP contribution is -2.47. The Balaban J connectivity index is 1.61. The van der Waals surface area contributed by atoms with Crippen LogP contribution < -0.4 is 5.73 Å². The van der Waals surface area contributed by atoms with Gasteiger partial charge in [-0.25, -0.2) is 0 Å². The predicted molar refractivity (Wildman–Crippen MR) is 136 cm³/mol. The maximum atomic E-state index is 14.0. The summed E-state index contributed by atoms with van der Waals surface area (Å²) in [6.45, 7) is 13.7. The third-order valence-electron chi connectivity index (χ3n) is 11.3. The quantitative estimate of drug-likeness (QED) is 0.500. The summed E-state index contributed by atoms with van der Waals surface area (Å²) in [4.78, 5) is 41.7. The van der Waals surface area contributed by atoms with Crippen LogP contribution in [0.25, 0.3) is 0 Å². The number of rotatable bonds is 9. The molecular formula is C29H48N2O4. The van der Waals surface area contributed by atoms with Gasteiger partial charge in [0.2, 0.25) is 11.8 Å². The van der Waals surface area contributed by atoms with Crippen LogP contribution in [0.15, 0.2) is 0 Å². The molecule has 35 heavy (non-hydrogen) atoms. The molecular weight excluding hydrogens is 440 g/mol. The lowest BCUT2D eigenvalue weighted by Gasteiger charge is -2.36.